The van der Waals surface area contributed by atoms with Gasteiger partial charge < -0.3 is 9.64 Å². The molecule has 0 saturated carbocycles. The van der Waals surface area contributed by atoms with Gasteiger partial charge in [-0.1, -0.05) is 41.4 Å². The Labute approximate surface area is 205 Å². The van der Waals surface area contributed by atoms with Gasteiger partial charge in [0.25, 0.3) is 5.91 Å². The Morgan fingerprint density at radius 3 is 2.52 bits per heavy atom. The highest BCUT2D eigenvalue weighted by atomic mass is 35.5. The first kappa shape index (κ1) is 23.5. The average molecular weight is 506 g/mol. The van der Waals surface area contributed by atoms with E-state index in [9.17, 15) is 14.9 Å². The van der Waals surface area contributed by atoms with Gasteiger partial charge in [-0.2, -0.15) is 0 Å². The maximum atomic E-state index is 12.9. The number of hydrogen-bond acceptors (Lipinski definition) is 6. The lowest BCUT2D eigenvalue weighted by molar-refractivity contribution is -0.385. The van der Waals surface area contributed by atoms with E-state index in [0.29, 0.717) is 28.0 Å². The molecule has 0 atom stereocenters. The number of nitro benzene ring substituents is 1. The number of carbonyl (C=O) groups is 1. The Bertz CT molecular complexity index is 1160. The second-order valence-electron chi connectivity index (χ2n) is 7.65. The van der Waals surface area contributed by atoms with E-state index in [4.69, 9.17) is 27.9 Å². The Balaban J connectivity index is 1.30. The second kappa shape index (κ2) is 10.5. The number of ether oxygens (including phenoxy) is 1. The molecule has 1 fully saturated rings. The third kappa shape index (κ3) is 5.83. The molecule has 0 N–H and O–H groups in total. The molecular formula is C23H21Cl2N3O4S. The summed E-state index contributed by atoms with van der Waals surface area (Å²) in [5.41, 5.74) is 1.81. The monoisotopic (exact) mass is 505 g/mol. The van der Waals surface area contributed by atoms with Gasteiger partial charge in [0, 0.05) is 44.4 Å². The SMILES string of the molecule is O=C(c1cc(COc2ccccc2[N+](=O)[O-])cs1)N1CCN(Cc2ccc(Cl)c(Cl)c2)CC1. The van der Waals surface area contributed by atoms with E-state index in [1.165, 1.54) is 17.4 Å². The van der Waals surface area contributed by atoms with Crippen molar-refractivity contribution in [2.75, 3.05) is 26.2 Å². The van der Waals surface area contributed by atoms with Crippen molar-refractivity contribution in [3.63, 3.8) is 0 Å². The maximum absolute atomic E-state index is 12.9. The molecule has 4 rings (SSSR count). The Kier molecular flexibility index (Phi) is 7.49. The highest BCUT2D eigenvalue weighted by Gasteiger charge is 2.23. The third-order valence-corrected chi connectivity index (χ3v) is 7.08. The van der Waals surface area contributed by atoms with Gasteiger partial charge in [0.2, 0.25) is 0 Å². The molecule has 7 nitrogen and oxygen atoms in total. The topological polar surface area (TPSA) is 75.9 Å². The quantitative estimate of drug-likeness (QED) is 0.313. The van der Waals surface area contributed by atoms with Gasteiger partial charge in [0.15, 0.2) is 5.75 Å². The molecule has 33 heavy (non-hydrogen) atoms. The first-order valence-electron chi connectivity index (χ1n) is 10.3. The fourth-order valence-electron chi connectivity index (χ4n) is 3.62. The molecule has 0 bridgehead atoms. The number of thiophene rings is 1. The Morgan fingerprint density at radius 1 is 1.03 bits per heavy atom. The summed E-state index contributed by atoms with van der Waals surface area (Å²) in [4.78, 5) is 28.3. The first-order valence-corrected chi connectivity index (χ1v) is 11.9. The van der Waals surface area contributed by atoms with Gasteiger partial charge in [-0.15, -0.1) is 11.3 Å². The standard InChI is InChI=1S/C23H21Cl2N3O4S/c24-18-6-5-16(11-19(18)25)13-26-7-9-27(10-8-26)23(29)22-12-17(15-33-22)14-32-21-4-2-1-3-20(21)28(30)31/h1-6,11-12,15H,7-10,13-14H2. The van der Waals surface area contributed by atoms with Crippen LogP contribution in [0.2, 0.25) is 10.0 Å². The molecule has 1 amide bonds. The third-order valence-electron chi connectivity index (χ3n) is 5.37. The number of nitrogens with zero attached hydrogens (tertiary/aromatic N) is 3. The number of benzene rings is 2. The molecule has 1 aromatic heterocycles. The van der Waals surface area contributed by atoms with Gasteiger partial charge in [0.1, 0.15) is 6.61 Å². The number of para-hydroxylation sites is 2. The van der Waals surface area contributed by atoms with E-state index < -0.39 is 4.92 Å². The summed E-state index contributed by atoms with van der Waals surface area (Å²) >= 11 is 13.4. The molecule has 0 radical (unpaired) electrons. The van der Waals surface area contributed by atoms with Crippen LogP contribution in [-0.4, -0.2) is 46.8 Å². The maximum Gasteiger partial charge on any atom is 0.310 e. The van der Waals surface area contributed by atoms with E-state index in [2.05, 4.69) is 4.90 Å². The largest absolute Gasteiger partial charge is 0.482 e. The van der Waals surface area contributed by atoms with Gasteiger partial charge in [0.05, 0.1) is 19.8 Å². The molecule has 0 aliphatic carbocycles. The van der Waals surface area contributed by atoms with Crippen molar-refractivity contribution in [2.24, 2.45) is 0 Å². The van der Waals surface area contributed by atoms with Crippen molar-refractivity contribution in [1.82, 2.24) is 9.80 Å². The highest BCUT2D eigenvalue weighted by molar-refractivity contribution is 7.12. The van der Waals surface area contributed by atoms with Crippen molar-refractivity contribution in [3.8, 4) is 5.75 Å². The molecule has 3 aromatic rings. The van der Waals surface area contributed by atoms with Crippen molar-refractivity contribution in [2.45, 2.75) is 13.2 Å². The van der Waals surface area contributed by atoms with Crippen molar-refractivity contribution in [3.05, 3.63) is 90.1 Å². The first-order chi connectivity index (χ1) is 15.9. The van der Waals surface area contributed by atoms with Crippen LogP contribution in [0.15, 0.2) is 53.9 Å². The molecule has 2 heterocycles. The van der Waals surface area contributed by atoms with Crippen LogP contribution < -0.4 is 4.74 Å². The summed E-state index contributed by atoms with van der Waals surface area (Å²) in [6.45, 7) is 3.73. The Morgan fingerprint density at radius 2 is 1.79 bits per heavy atom. The van der Waals surface area contributed by atoms with Crippen LogP contribution in [-0.2, 0) is 13.2 Å². The minimum absolute atomic E-state index is 0.00821. The van der Waals surface area contributed by atoms with Crippen LogP contribution in [0.5, 0.6) is 5.75 Å². The smallest absolute Gasteiger partial charge is 0.310 e. The lowest BCUT2D eigenvalue weighted by Crippen LogP contribution is -2.48. The second-order valence-corrected chi connectivity index (χ2v) is 9.38. The molecule has 2 aromatic carbocycles. The fraction of sp³-hybridized carbons (Fsp3) is 0.261. The van der Waals surface area contributed by atoms with Crippen molar-refractivity contribution in [1.29, 1.82) is 0 Å². The summed E-state index contributed by atoms with van der Waals surface area (Å²) < 4.78 is 5.63. The molecule has 1 aliphatic rings. The number of nitro groups is 1. The summed E-state index contributed by atoms with van der Waals surface area (Å²) in [6.07, 6.45) is 0. The zero-order valence-corrected chi connectivity index (χ0v) is 19.9. The summed E-state index contributed by atoms with van der Waals surface area (Å²) in [5, 5.41) is 14.1. The van der Waals surface area contributed by atoms with Gasteiger partial charge in [-0.3, -0.25) is 19.8 Å². The summed E-state index contributed by atoms with van der Waals surface area (Å²) in [6, 6.07) is 13.7. The van der Waals surface area contributed by atoms with E-state index >= 15 is 0 Å². The van der Waals surface area contributed by atoms with Crippen molar-refractivity contribution < 1.29 is 14.5 Å². The van der Waals surface area contributed by atoms with Crippen LogP contribution in [0, 0.1) is 10.1 Å². The summed E-state index contributed by atoms with van der Waals surface area (Å²) in [5.74, 6) is 0.200. The minimum atomic E-state index is -0.473. The van der Waals surface area contributed by atoms with Gasteiger partial charge >= 0.3 is 5.69 Å². The lowest BCUT2D eigenvalue weighted by Gasteiger charge is -2.34. The molecule has 0 unspecified atom stereocenters. The van der Waals surface area contributed by atoms with Crippen LogP contribution in [0.3, 0.4) is 0 Å². The van der Waals surface area contributed by atoms with Crippen LogP contribution in [0.1, 0.15) is 20.8 Å². The molecular weight excluding hydrogens is 485 g/mol. The van der Waals surface area contributed by atoms with E-state index in [0.717, 1.165) is 30.8 Å². The van der Waals surface area contributed by atoms with Crippen LogP contribution in [0.4, 0.5) is 5.69 Å². The van der Waals surface area contributed by atoms with Gasteiger partial charge in [-0.25, -0.2) is 0 Å². The zero-order chi connectivity index (χ0) is 23.4. The molecule has 172 valence electrons. The molecule has 0 spiro atoms. The normalized spacial score (nSPS) is 14.3. The fourth-order valence-corrected chi connectivity index (χ4v) is 4.80. The number of halogens is 2. The lowest BCUT2D eigenvalue weighted by atomic mass is 10.2. The minimum Gasteiger partial charge on any atom is -0.482 e. The number of hydrogen-bond donors (Lipinski definition) is 0. The van der Waals surface area contributed by atoms with Crippen molar-refractivity contribution >= 4 is 46.1 Å². The number of amides is 1. The zero-order valence-electron chi connectivity index (χ0n) is 17.6. The van der Waals surface area contributed by atoms with Crippen LogP contribution in [0.25, 0.3) is 0 Å². The van der Waals surface area contributed by atoms with Gasteiger partial charge in [-0.05, 0) is 35.2 Å². The highest BCUT2D eigenvalue weighted by Crippen LogP contribution is 2.28. The Hall–Kier alpha value is -2.65. The predicted octanol–water partition coefficient (Wildman–Crippen LogP) is 5.50. The van der Waals surface area contributed by atoms with E-state index in [1.807, 2.05) is 22.4 Å². The summed E-state index contributed by atoms with van der Waals surface area (Å²) in [7, 11) is 0. The predicted molar refractivity (Wildman–Crippen MR) is 129 cm³/mol. The van der Waals surface area contributed by atoms with E-state index in [-0.39, 0.29) is 24.0 Å². The molecule has 10 heteroatoms. The van der Waals surface area contributed by atoms with E-state index in [1.54, 1.807) is 30.3 Å². The number of piperazine rings is 1. The van der Waals surface area contributed by atoms with Crippen LogP contribution >= 0.6 is 34.5 Å². The number of rotatable bonds is 7. The number of carbonyl (C=O) groups excluding carboxylic acids is 1. The molecule has 1 aliphatic heterocycles. The average Bonchev–Trinajstić information content (AvgIpc) is 3.29. The molecule has 1 saturated heterocycles.